The van der Waals surface area contributed by atoms with Gasteiger partial charge in [0.05, 0.1) is 7.11 Å². The minimum Gasteiger partial charge on any atom is -0.497 e. The molecule has 1 aromatic rings. The third-order valence-corrected chi connectivity index (χ3v) is 3.05. The summed E-state index contributed by atoms with van der Waals surface area (Å²) in [5.74, 6) is 5.41. The zero-order chi connectivity index (χ0) is 13.1. The highest BCUT2D eigenvalue weighted by Gasteiger charge is 2.39. The summed E-state index contributed by atoms with van der Waals surface area (Å²) in [5, 5.41) is 0. The summed E-state index contributed by atoms with van der Waals surface area (Å²) in [4.78, 5) is 0. The van der Waals surface area contributed by atoms with Crippen LogP contribution >= 0.6 is 15.9 Å². The van der Waals surface area contributed by atoms with Gasteiger partial charge in [-0.25, -0.2) is 5.43 Å². The zero-order valence-corrected chi connectivity index (χ0v) is 10.6. The van der Waals surface area contributed by atoms with Crippen molar-refractivity contribution in [1.29, 1.82) is 0 Å². The normalized spacial score (nSPS) is 13.5. The smallest absolute Gasteiger partial charge is 0.405 e. The maximum Gasteiger partial charge on any atom is 0.405 e. The molecular weight excluding hydrogens is 301 g/mol. The van der Waals surface area contributed by atoms with Gasteiger partial charge in [0.2, 0.25) is 0 Å². The molecule has 0 heterocycles. The van der Waals surface area contributed by atoms with Crippen molar-refractivity contribution in [2.24, 2.45) is 5.84 Å². The summed E-state index contributed by atoms with van der Waals surface area (Å²) in [6.45, 7) is 0. The third kappa shape index (κ3) is 3.86. The molecule has 17 heavy (non-hydrogen) atoms. The number of hydrogen-bond acceptors (Lipinski definition) is 3. The van der Waals surface area contributed by atoms with Crippen molar-refractivity contribution in [3.63, 3.8) is 0 Å². The van der Waals surface area contributed by atoms with Gasteiger partial charge in [-0.2, -0.15) is 13.2 Å². The second-order valence-corrected chi connectivity index (χ2v) is 4.28. The first kappa shape index (κ1) is 14.3. The highest BCUT2D eigenvalue weighted by atomic mass is 79.9. The van der Waals surface area contributed by atoms with E-state index >= 15 is 0 Å². The first-order valence-corrected chi connectivity index (χ1v) is 5.53. The summed E-state index contributed by atoms with van der Waals surface area (Å²) in [7, 11) is 1.45. The van der Waals surface area contributed by atoms with E-state index in [1.807, 2.05) is 0 Å². The van der Waals surface area contributed by atoms with Crippen molar-refractivity contribution in [2.45, 2.75) is 18.6 Å². The Morgan fingerprint density at radius 1 is 1.47 bits per heavy atom. The van der Waals surface area contributed by atoms with Crippen molar-refractivity contribution >= 4 is 15.9 Å². The lowest BCUT2D eigenvalue weighted by Crippen LogP contribution is -2.47. The van der Waals surface area contributed by atoms with Crippen LogP contribution in [0, 0.1) is 0 Å². The number of ether oxygens (including phenoxy) is 1. The summed E-state index contributed by atoms with van der Waals surface area (Å²) in [6.07, 6.45) is -4.66. The molecule has 0 aliphatic heterocycles. The number of hydrazine groups is 1. The van der Waals surface area contributed by atoms with E-state index in [0.717, 1.165) is 0 Å². The second-order valence-electron chi connectivity index (χ2n) is 3.42. The largest absolute Gasteiger partial charge is 0.497 e. The van der Waals surface area contributed by atoms with E-state index in [9.17, 15) is 13.2 Å². The SMILES string of the molecule is COc1ccc(Br)c(CC(NN)C(F)(F)F)c1. The van der Waals surface area contributed by atoms with Crippen LogP contribution < -0.4 is 16.0 Å². The van der Waals surface area contributed by atoms with E-state index in [2.05, 4.69) is 15.9 Å². The Labute approximate surface area is 105 Å². The number of benzene rings is 1. The van der Waals surface area contributed by atoms with Gasteiger partial charge in [-0.05, 0) is 30.2 Å². The van der Waals surface area contributed by atoms with E-state index in [0.29, 0.717) is 15.8 Å². The topological polar surface area (TPSA) is 47.3 Å². The molecule has 3 N–H and O–H groups in total. The molecule has 1 rings (SSSR count). The fourth-order valence-electron chi connectivity index (χ4n) is 1.32. The highest BCUT2D eigenvalue weighted by Crippen LogP contribution is 2.28. The van der Waals surface area contributed by atoms with E-state index in [-0.39, 0.29) is 6.42 Å². The molecule has 0 amide bonds. The van der Waals surface area contributed by atoms with Crippen LogP contribution in [-0.4, -0.2) is 19.3 Å². The van der Waals surface area contributed by atoms with Gasteiger partial charge in [0.25, 0.3) is 0 Å². The van der Waals surface area contributed by atoms with Crippen LogP contribution in [0.15, 0.2) is 22.7 Å². The molecule has 1 aromatic carbocycles. The molecule has 0 bridgehead atoms. The first-order chi connectivity index (χ1) is 7.88. The maximum atomic E-state index is 12.5. The average molecular weight is 313 g/mol. The summed E-state index contributed by atoms with van der Waals surface area (Å²) >= 11 is 3.19. The van der Waals surface area contributed by atoms with Crippen LogP contribution in [0.4, 0.5) is 13.2 Å². The van der Waals surface area contributed by atoms with Crippen molar-refractivity contribution in [3.8, 4) is 5.75 Å². The fraction of sp³-hybridized carbons (Fsp3) is 0.400. The van der Waals surface area contributed by atoms with Crippen LogP contribution in [0.1, 0.15) is 5.56 Å². The standard InChI is InChI=1S/C10H12BrF3N2O/c1-17-7-2-3-8(11)6(4-7)5-9(16-15)10(12,13)14/h2-4,9,16H,5,15H2,1H3. The van der Waals surface area contributed by atoms with Crippen LogP contribution in [0.5, 0.6) is 5.75 Å². The second kappa shape index (κ2) is 5.70. The lowest BCUT2D eigenvalue weighted by atomic mass is 10.1. The van der Waals surface area contributed by atoms with Crippen molar-refractivity contribution in [2.75, 3.05) is 7.11 Å². The Kier molecular flexibility index (Phi) is 4.79. The number of alkyl halides is 3. The highest BCUT2D eigenvalue weighted by molar-refractivity contribution is 9.10. The Morgan fingerprint density at radius 2 is 2.12 bits per heavy atom. The molecule has 0 fully saturated rings. The molecule has 3 nitrogen and oxygen atoms in total. The Morgan fingerprint density at radius 3 is 2.59 bits per heavy atom. The van der Waals surface area contributed by atoms with Crippen molar-refractivity contribution in [1.82, 2.24) is 5.43 Å². The van der Waals surface area contributed by atoms with Gasteiger partial charge in [-0.15, -0.1) is 0 Å². The molecule has 0 aliphatic carbocycles. The minimum absolute atomic E-state index is 0.266. The predicted octanol–water partition coefficient (Wildman–Crippen LogP) is 2.39. The average Bonchev–Trinajstić information content (AvgIpc) is 2.26. The summed E-state index contributed by atoms with van der Waals surface area (Å²) < 4.78 is 43.1. The fourth-order valence-corrected chi connectivity index (χ4v) is 1.73. The molecule has 0 saturated carbocycles. The molecular formula is C10H12BrF3N2O. The molecule has 0 radical (unpaired) electrons. The zero-order valence-electron chi connectivity index (χ0n) is 9.01. The lowest BCUT2D eigenvalue weighted by Gasteiger charge is -2.20. The monoisotopic (exact) mass is 312 g/mol. The van der Waals surface area contributed by atoms with Crippen molar-refractivity contribution < 1.29 is 17.9 Å². The first-order valence-electron chi connectivity index (χ1n) is 4.73. The lowest BCUT2D eigenvalue weighted by molar-refractivity contribution is -0.155. The molecule has 0 aromatic heterocycles. The van der Waals surface area contributed by atoms with Gasteiger partial charge in [-0.1, -0.05) is 15.9 Å². The number of halogens is 4. The molecule has 1 atom stereocenters. The van der Waals surface area contributed by atoms with E-state index in [1.165, 1.54) is 7.11 Å². The van der Waals surface area contributed by atoms with Gasteiger partial charge in [-0.3, -0.25) is 5.84 Å². The van der Waals surface area contributed by atoms with Crippen LogP contribution in [0.25, 0.3) is 0 Å². The van der Waals surface area contributed by atoms with E-state index in [1.54, 1.807) is 23.6 Å². The van der Waals surface area contributed by atoms with Crippen LogP contribution in [0.2, 0.25) is 0 Å². The third-order valence-electron chi connectivity index (χ3n) is 2.27. The Balaban J connectivity index is 2.93. The van der Waals surface area contributed by atoms with Crippen molar-refractivity contribution in [3.05, 3.63) is 28.2 Å². The van der Waals surface area contributed by atoms with Crippen LogP contribution in [0.3, 0.4) is 0 Å². The van der Waals surface area contributed by atoms with Gasteiger partial charge in [0.15, 0.2) is 0 Å². The van der Waals surface area contributed by atoms with E-state index < -0.39 is 12.2 Å². The van der Waals surface area contributed by atoms with Crippen LogP contribution in [-0.2, 0) is 6.42 Å². The Hall–Kier alpha value is -0.790. The van der Waals surface area contributed by atoms with E-state index in [4.69, 9.17) is 10.6 Å². The summed E-state index contributed by atoms with van der Waals surface area (Å²) in [5.41, 5.74) is 2.25. The van der Waals surface area contributed by atoms with Gasteiger partial charge in [0, 0.05) is 4.47 Å². The minimum atomic E-state index is -4.39. The molecule has 0 aliphatic rings. The van der Waals surface area contributed by atoms with Gasteiger partial charge in [0.1, 0.15) is 11.8 Å². The quantitative estimate of drug-likeness (QED) is 0.663. The number of nitrogens with one attached hydrogen (secondary N) is 1. The maximum absolute atomic E-state index is 12.5. The Bertz CT molecular complexity index is 384. The number of hydrogen-bond donors (Lipinski definition) is 2. The summed E-state index contributed by atoms with van der Waals surface area (Å²) in [6, 6.07) is 3.05. The number of methoxy groups -OCH3 is 1. The van der Waals surface area contributed by atoms with Gasteiger partial charge >= 0.3 is 6.18 Å². The molecule has 1 unspecified atom stereocenters. The van der Waals surface area contributed by atoms with Gasteiger partial charge < -0.3 is 4.74 Å². The molecule has 0 saturated heterocycles. The predicted molar refractivity (Wildman–Crippen MR) is 61.6 cm³/mol. The number of rotatable bonds is 4. The molecule has 7 heteroatoms. The molecule has 0 spiro atoms. The molecule has 96 valence electrons. The number of nitrogens with two attached hydrogens (primary N) is 1.